The van der Waals surface area contributed by atoms with E-state index in [1.165, 1.54) is 32.1 Å². The summed E-state index contributed by atoms with van der Waals surface area (Å²) in [6, 6.07) is 5.65. The number of rotatable bonds is 10. The van der Waals surface area contributed by atoms with Crippen LogP contribution < -0.4 is 20.1 Å². The Labute approximate surface area is 156 Å². The third kappa shape index (κ3) is 7.12. The number of methoxy groups -OCH3 is 2. The van der Waals surface area contributed by atoms with Gasteiger partial charge in [0.1, 0.15) is 0 Å². The van der Waals surface area contributed by atoms with Gasteiger partial charge in [-0.2, -0.15) is 0 Å². The van der Waals surface area contributed by atoms with Gasteiger partial charge in [0.25, 0.3) is 0 Å². The Bertz CT molecular complexity index is 545. The first-order chi connectivity index (χ1) is 12.7. The minimum atomic E-state index is -0.136. The first-order valence-electron chi connectivity index (χ1n) is 9.57. The van der Waals surface area contributed by atoms with Crippen molar-refractivity contribution in [1.29, 1.82) is 0 Å². The van der Waals surface area contributed by atoms with Crippen LogP contribution in [0.3, 0.4) is 0 Å². The van der Waals surface area contributed by atoms with Gasteiger partial charge in [0.05, 0.1) is 20.3 Å². The molecular formula is C20H32N2O4. The second-order valence-corrected chi connectivity index (χ2v) is 6.61. The zero-order valence-electron chi connectivity index (χ0n) is 16.0. The predicted octanol–water partition coefficient (Wildman–Crippen LogP) is 3.28. The van der Waals surface area contributed by atoms with E-state index >= 15 is 0 Å². The average molecular weight is 364 g/mol. The molecule has 0 atom stereocenters. The van der Waals surface area contributed by atoms with Crippen molar-refractivity contribution in [3.8, 4) is 11.5 Å². The Morgan fingerprint density at radius 3 is 2.50 bits per heavy atom. The van der Waals surface area contributed by atoms with E-state index in [9.17, 15) is 4.79 Å². The number of benzene rings is 1. The fourth-order valence-electron chi connectivity index (χ4n) is 3.17. The zero-order valence-corrected chi connectivity index (χ0v) is 16.0. The molecule has 26 heavy (non-hydrogen) atoms. The quantitative estimate of drug-likeness (QED) is 0.625. The molecule has 1 aromatic carbocycles. The molecule has 0 unspecified atom stereocenters. The predicted molar refractivity (Wildman–Crippen MR) is 102 cm³/mol. The van der Waals surface area contributed by atoms with Crippen LogP contribution in [0, 0.1) is 0 Å². The lowest BCUT2D eigenvalue weighted by Crippen LogP contribution is -2.37. The van der Waals surface area contributed by atoms with E-state index in [0.717, 1.165) is 25.0 Å². The van der Waals surface area contributed by atoms with Gasteiger partial charge in [0, 0.05) is 19.7 Å². The first-order valence-corrected chi connectivity index (χ1v) is 9.57. The number of hydrogen-bond acceptors (Lipinski definition) is 4. The van der Waals surface area contributed by atoms with Crippen LogP contribution in [-0.2, 0) is 11.2 Å². The van der Waals surface area contributed by atoms with Gasteiger partial charge in [-0.1, -0.05) is 25.3 Å². The Balaban J connectivity index is 1.54. The summed E-state index contributed by atoms with van der Waals surface area (Å²) in [5, 5.41) is 5.75. The van der Waals surface area contributed by atoms with Crippen molar-refractivity contribution < 1.29 is 19.0 Å². The number of carbonyl (C=O) groups excluding carboxylic acids is 1. The van der Waals surface area contributed by atoms with E-state index in [0.29, 0.717) is 30.7 Å². The fourth-order valence-corrected chi connectivity index (χ4v) is 3.17. The summed E-state index contributed by atoms with van der Waals surface area (Å²) < 4.78 is 16.4. The molecule has 146 valence electrons. The van der Waals surface area contributed by atoms with Crippen LogP contribution in [0.2, 0.25) is 0 Å². The molecule has 1 saturated carbocycles. The molecule has 1 aromatic rings. The molecular weight excluding hydrogens is 332 g/mol. The normalized spacial score (nSPS) is 14.7. The van der Waals surface area contributed by atoms with Crippen LogP contribution in [0.15, 0.2) is 18.2 Å². The van der Waals surface area contributed by atoms with Crippen molar-refractivity contribution in [2.24, 2.45) is 0 Å². The highest BCUT2D eigenvalue weighted by atomic mass is 16.5. The summed E-state index contributed by atoms with van der Waals surface area (Å²) in [5.41, 5.74) is 1.09. The maximum Gasteiger partial charge on any atom is 0.314 e. The largest absolute Gasteiger partial charge is 0.493 e. The lowest BCUT2D eigenvalue weighted by atomic mass is 9.98. The summed E-state index contributed by atoms with van der Waals surface area (Å²) in [6.45, 7) is 1.92. The van der Waals surface area contributed by atoms with Gasteiger partial charge >= 0.3 is 6.03 Å². The monoisotopic (exact) mass is 364 g/mol. The molecule has 1 fully saturated rings. The van der Waals surface area contributed by atoms with Gasteiger partial charge in [-0.25, -0.2) is 4.79 Å². The number of urea groups is 1. The maximum absolute atomic E-state index is 11.8. The smallest absolute Gasteiger partial charge is 0.314 e. The van der Waals surface area contributed by atoms with E-state index < -0.39 is 0 Å². The van der Waals surface area contributed by atoms with Gasteiger partial charge in [-0.05, 0) is 43.4 Å². The second-order valence-electron chi connectivity index (χ2n) is 6.61. The van der Waals surface area contributed by atoms with E-state index in [2.05, 4.69) is 10.6 Å². The molecule has 2 amide bonds. The van der Waals surface area contributed by atoms with Crippen LogP contribution in [0.1, 0.15) is 44.1 Å². The number of amides is 2. The lowest BCUT2D eigenvalue weighted by molar-refractivity contribution is 0.0275. The fraction of sp³-hybridized carbons (Fsp3) is 0.650. The average Bonchev–Trinajstić information content (AvgIpc) is 2.68. The van der Waals surface area contributed by atoms with E-state index in [1.807, 2.05) is 18.2 Å². The molecule has 6 nitrogen and oxygen atoms in total. The topological polar surface area (TPSA) is 68.8 Å². The zero-order chi connectivity index (χ0) is 18.6. The molecule has 2 rings (SSSR count). The van der Waals surface area contributed by atoms with Crippen molar-refractivity contribution in [1.82, 2.24) is 10.6 Å². The van der Waals surface area contributed by atoms with Crippen LogP contribution >= 0.6 is 0 Å². The summed E-state index contributed by atoms with van der Waals surface area (Å²) in [4.78, 5) is 11.8. The summed E-state index contributed by atoms with van der Waals surface area (Å²) >= 11 is 0. The van der Waals surface area contributed by atoms with Gasteiger partial charge < -0.3 is 24.8 Å². The Hall–Kier alpha value is -1.95. The standard InChI is InChI=1S/C20H32N2O4/c1-24-18-10-9-16(15-19(18)25-2)11-13-22-20(23)21-12-6-14-26-17-7-4-3-5-8-17/h9-10,15,17H,3-8,11-14H2,1-2H3,(H2,21,22,23). The van der Waals surface area contributed by atoms with Crippen LogP contribution in [0.4, 0.5) is 4.79 Å². The van der Waals surface area contributed by atoms with Gasteiger partial charge in [0.2, 0.25) is 0 Å². The molecule has 0 heterocycles. The van der Waals surface area contributed by atoms with Crippen LogP contribution in [0.5, 0.6) is 11.5 Å². The number of hydrogen-bond donors (Lipinski definition) is 2. The molecule has 0 aliphatic heterocycles. The Morgan fingerprint density at radius 2 is 1.77 bits per heavy atom. The second kappa shape index (κ2) is 11.6. The van der Waals surface area contributed by atoms with Crippen molar-refractivity contribution >= 4 is 6.03 Å². The molecule has 1 aliphatic rings. The van der Waals surface area contributed by atoms with Gasteiger partial charge in [-0.3, -0.25) is 0 Å². The van der Waals surface area contributed by atoms with E-state index in [1.54, 1.807) is 14.2 Å². The summed E-state index contributed by atoms with van der Waals surface area (Å²) in [7, 11) is 3.23. The molecule has 0 saturated heterocycles. The highest BCUT2D eigenvalue weighted by molar-refractivity contribution is 5.73. The first kappa shape index (κ1) is 20.4. The molecule has 0 aromatic heterocycles. The van der Waals surface area contributed by atoms with Crippen LogP contribution in [-0.4, -0.2) is 46.1 Å². The van der Waals surface area contributed by atoms with Gasteiger partial charge in [0.15, 0.2) is 11.5 Å². The third-order valence-corrected chi connectivity index (χ3v) is 4.66. The molecule has 6 heteroatoms. The lowest BCUT2D eigenvalue weighted by Gasteiger charge is -2.21. The molecule has 0 spiro atoms. The SMILES string of the molecule is COc1ccc(CCNC(=O)NCCCOC2CCCCC2)cc1OC. The minimum absolute atomic E-state index is 0.136. The van der Waals surface area contributed by atoms with Crippen molar-refractivity contribution in [3.05, 3.63) is 23.8 Å². The van der Waals surface area contributed by atoms with Crippen molar-refractivity contribution in [3.63, 3.8) is 0 Å². The molecule has 1 aliphatic carbocycles. The molecule has 0 radical (unpaired) electrons. The summed E-state index contributed by atoms with van der Waals surface area (Å²) in [5.74, 6) is 1.41. The van der Waals surface area contributed by atoms with Crippen molar-refractivity contribution in [2.75, 3.05) is 33.9 Å². The number of nitrogens with one attached hydrogen (secondary N) is 2. The highest BCUT2D eigenvalue weighted by Crippen LogP contribution is 2.27. The minimum Gasteiger partial charge on any atom is -0.493 e. The van der Waals surface area contributed by atoms with E-state index in [-0.39, 0.29) is 6.03 Å². The maximum atomic E-state index is 11.8. The van der Waals surface area contributed by atoms with E-state index in [4.69, 9.17) is 14.2 Å². The Morgan fingerprint density at radius 1 is 1.04 bits per heavy atom. The van der Waals surface area contributed by atoms with Crippen LogP contribution in [0.25, 0.3) is 0 Å². The highest BCUT2D eigenvalue weighted by Gasteiger charge is 2.13. The molecule has 2 N–H and O–H groups in total. The summed E-state index contributed by atoms with van der Waals surface area (Å²) in [6.07, 6.45) is 8.28. The Kier molecular flexibility index (Phi) is 9.10. The number of ether oxygens (including phenoxy) is 3. The van der Waals surface area contributed by atoms with Gasteiger partial charge in [-0.15, -0.1) is 0 Å². The molecule has 0 bridgehead atoms. The third-order valence-electron chi connectivity index (χ3n) is 4.66. The van der Waals surface area contributed by atoms with Crippen molar-refractivity contribution in [2.45, 2.75) is 51.0 Å². The number of carbonyl (C=O) groups is 1.